The first-order valence-corrected chi connectivity index (χ1v) is 20.2. The van der Waals surface area contributed by atoms with Crippen LogP contribution in [0.25, 0.3) is 11.3 Å². The molecular weight excluding hydrogens is 786 g/mol. The summed E-state index contributed by atoms with van der Waals surface area (Å²) in [6.07, 6.45) is 7.62. The predicted molar refractivity (Wildman–Crippen MR) is 223 cm³/mol. The maximum atomic E-state index is 14.2. The molecule has 0 aliphatic carbocycles. The molecule has 5 aromatic heterocycles. The molecule has 7 heterocycles. The number of anilines is 2. The van der Waals surface area contributed by atoms with Crippen molar-refractivity contribution in [2.75, 3.05) is 11.5 Å². The molecule has 0 radical (unpaired) electrons. The Morgan fingerprint density at radius 2 is 1.21 bits per heavy atom. The van der Waals surface area contributed by atoms with Crippen molar-refractivity contribution < 1.29 is 43.9 Å². The number of nitrogens with two attached hydrogens (primary N) is 2. The molecule has 2 aliphatic heterocycles. The number of Topliss-reactive ketones (excluding diaryl/α,β-unsaturated/α-hetero) is 2. The molecule has 2 fully saturated rings. The Kier molecular flexibility index (Phi) is 14.0. The number of nitrogens with zero attached hydrogens (tertiary/aromatic N) is 5. The number of carbonyl (C=O) groups is 2. The summed E-state index contributed by atoms with van der Waals surface area (Å²) in [4.78, 5) is 46.3. The summed E-state index contributed by atoms with van der Waals surface area (Å²) in [6, 6.07) is 11.4. The van der Waals surface area contributed by atoms with Gasteiger partial charge in [0.2, 0.25) is 0 Å². The highest BCUT2D eigenvalue weighted by Gasteiger charge is 2.48. The zero-order valence-corrected chi connectivity index (χ0v) is 34.5. The number of halogens is 1. The van der Waals surface area contributed by atoms with E-state index in [1.807, 2.05) is 6.92 Å². The van der Waals surface area contributed by atoms with E-state index >= 15 is 0 Å². The Morgan fingerprint density at radius 3 is 1.70 bits per heavy atom. The summed E-state index contributed by atoms with van der Waals surface area (Å²) in [5, 5.41) is 42.4. The predicted octanol–water partition coefficient (Wildman–Crippen LogP) is 4.87. The molecule has 0 spiro atoms. The van der Waals surface area contributed by atoms with Crippen molar-refractivity contribution in [1.29, 1.82) is 0 Å². The van der Waals surface area contributed by atoms with Gasteiger partial charge in [0, 0.05) is 68.4 Å². The minimum Gasteiger partial charge on any atom is -0.397 e. The third-order valence-electron chi connectivity index (χ3n) is 11.9. The lowest BCUT2D eigenvalue weighted by molar-refractivity contribution is -0.224. The van der Waals surface area contributed by atoms with Crippen molar-refractivity contribution >= 4 is 22.9 Å². The third kappa shape index (κ3) is 9.49. The summed E-state index contributed by atoms with van der Waals surface area (Å²) in [5.74, 6) is -1.13. The number of carbonyl (C=O) groups excluding carboxylic acids is 2. The molecule has 8 N–H and O–H groups in total. The first-order chi connectivity index (χ1) is 29.1. The minimum absolute atomic E-state index is 0.0295. The van der Waals surface area contributed by atoms with Crippen LogP contribution in [-0.2, 0) is 22.3 Å². The molecule has 8 atom stereocenters. The van der Waals surface area contributed by atoms with Crippen molar-refractivity contribution in [3.05, 3.63) is 125 Å². The molecule has 322 valence electrons. The molecular formula is C45H52FN7O8. The van der Waals surface area contributed by atoms with Crippen LogP contribution in [0.3, 0.4) is 0 Å². The third-order valence-corrected chi connectivity index (χ3v) is 11.9. The summed E-state index contributed by atoms with van der Waals surface area (Å²) < 4.78 is 26.2. The number of ether oxygens (including phenoxy) is 2. The molecule has 7 rings (SSSR count). The van der Waals surface area contributed by atoms with Crippen molar-refractivity contribution in [2.45, 2.75) is 114 Å². The van der Waals surface area contributed by atoms with Gasteiger partial charge in [0.25, 0.3) is 0 Å². The Bertz CT molecular complexity index is 2330. The van der Waals surface area contributed by atoms with Crippen molar-refractivity contribution in [3.63, 3.8) is 0 Å². The van der Waals surface area contributed by atoms with E-state index in [1.54, 1.807) is 75.9 Å². The van der Waals surface area contributed by atoms with Gasteiger partial charge in [-0.1, -0.05) is 13.8 Å². The second-order valence-electron chi connectivity index (χ2n) is 15.5. The number of pyridine rings is 5. The topological polar surface area (TPSA) is 250 Å². The molecule has 15 nitrogen and oxygen atoms in total. The number of aliphatic hydroxyl groups is 4. The fourth-order valence-electron chi connectivity index (χ4n) is 8.03. The monoisotopic (exact) mass is 837 g/mol. The average molecular weight is 838 g/mol. The van der Waals surface area contributed by atoms with Crippen molar-refractivity contribution in [1.82, 2.24) is 24.9 Å². The molecule has 0 bridgehead atoms. The zero-order valence-electron chi connectivity index (χ0n) is 34.5. The van der Waals surface area contributed by atoms with Gasteiger partial charge in [-0.2, -0.15) is 0 Å². The number of ketones is 2. The van der Waals surface area contributed by atoms with Crippen LogP contribution in [0, 0.1) is 5.82 Å². The number of aromatic nitrogens is 5. The van der Waals surface area contributed by atoms with E-state index < -0.39 is 53.6 Å². The minimum atomic E-state index is -1.33. The number of aliphatic hydroxyl groups excluding tert-OH is 2. The maximum absolute atomic E-state index is 14.2. The summed E-state index contributed by atoms with van der Waals surface area (Å²) in [7, 11) is 0. The normalized spacial score (nSPS) is 26.2. The molecule has 5 aromatic rings. The highest BCUT2D eigenvalue weighted by molar-refractivity contribution is 6.01. The van der Waals surface area contributed by atoms with E-state index in [1.165, 1.54) is 24.5 Å². The smallest absolute Gasteiger partial charge is 0.187 e. The van der Waals surface area contributed by atoms with E-state index in [-0.39, 0.29) is 65.6 Å². The van der Waals surface area contributed by atoms with Crippen LogP contribution in [-0.4, -0.2) is 92.5 Å². The molecule has 2 saturated heterocycles. The highest BCUT2D eigenvalue weighted by atomic mass is 19.1. The second kappa shape index (κ2) is 19.0. The summed E-state index contributed by atoms with van der Waals surface area (Å²) in [5.41, 5.74) is 13.3. The lowest BCUT2D eigenvalue weighted by Gasteiger charge is -2.45. The van der Waals surface area contributed by atoms with E-state index in [9.17, 15) is 34.4 Å². The van der Waals surface area contributed by atoms with Gasteiger partial charge in [0.1, 0.15) is 22.6 Å². The Hall–Kier alpha value is -5.62. The van der Waals surface area contributed by atoms with Crippen LogP contribution in [0.4, 0.5) is 15.8 Å². The van der Waals surface area contributed by atoms with Crippen LogP contribution in [0.5, 0.6) is 0 Å². The summed E-state index contributed by atoms with van der Waals surface area (Å²) in [6.45, 7) is 7.08. The van der Waals surface area contributed by atoms with Crippen LogP contribution in [0.1, 0.15) is 109 Å². The van der Waals surface area contributed by atoms with Gasteiger partial charge in [-0.15, -0.1) is 0 Å². The largest absolute Gasteiger partial charge is 0.397 e. The number of hydrogen-bond acceptors (Lipinski definition) is 15. The van der Waals surface area contributed by atoms with Gasteiger partial charge in [-0.3, -0.25) is 29.5 Å². The SMILES string of the molecule is CC[C@]1(O)[C@H](O)C[C@H](c2ccncc2CC(=O)c2nc(-c3ccncc3F)ccc2N)O[C@@H]1C.CC[C@]1(O)[C@H](O)C[C@H](c2ccncc2CC(=O)c2ncccc2N)O[C@@H]1C. The Balaban J connectivity index is 0.000000210. The standard InChI is InChI=1S/C25H27FN4O4.C20H25N3O4/c1-3-25(33)14(2)34-22(11-23(25)32)16-6-8-28-12-15(16)10-21(31)24-19(27)4-5-20(30-24)17-7-9-29-13-18(17)26;1-3-20(26)12(2)27-17(10-18(20)25)14-6-8-22-11-13(14)9-16(24)19-15(21)5-4-7-23-19/h4-9,12-14,22-23,32-33H,3,10-11,27H2,1-2H3;4-8,11-12,17-18,25-26H,3,9-10,21H2,1-2H3/t14-,22-,23-,25-;12-,17-,18-,20-/m11/s1. The molecule has 0 amide bonds. The van der Waals surface area contributed by atoms with Gasteiger partial charge in [-0.05, 0) is 91.4 Å². The molecule has 0 aromatic carbocycles. The quantitative estimate of drug-likeness (QED) is 0.0971. The van der Waals surface area contributed by atoms with Crippen LogP contribution in [0.2, 0.25) is 0 Å². The fourth-order valence-corrected chi connectivity index (χ4v) is 8.03. The van der Waals surface area contributed by atoms with Gasteiger partial charge in [0.15, 0.2) is 17.4 Å². The van der Waals surface area contributed by atoms with Crippen LogP contribution >= 0.6 is 0 Å². The molecule has 0 saturated carbocycles. The van der Waals surface area contributed by atoms with Crippen LogP contribution in [0.15, 0.2) is 85.8 Å². The lowest BCUT2D eigenvalue weighted by atomic mass is 9.81. The average Bonchev–Trinajstić information content (AvgIpc) is 3.25. The summed E-state index contributed by atoms with van der Waals surface area (Å²) >= 11 is 0. The van der Waals surface area contributed by atoms with E-state index in [0.29, 0.717) is 35.2 Å². The lowest BCUT2D eigenvalue weighted by Crippen LogP contribution is -2.56. The van der Waals surface area contributed by atoms with E-state index in [2.05, 4.69) is 24.9 Å². The van der Waals surface area contributed by atoms with E-state index in [0.717, 1.165) is 11.8 Å². The molecule has 0 unspecified atom stereocenters. The van der Waals surface area contributed by atoms with Gasteiger partial charge < -0.3 is 41.4 Å². The van der Waals surface area contributed by atoms with E-state index in [4.69, 9.17) is 20.9 Å². The Labute approximate surface area is 353 Å². The number of hydrogen-bond donors (Lipinski definition) is 6. The van der Waals surface area contributed by atoms with Crippen molar-refractivity contribution in [3.8, 4) is 11.3 Å². The number of rotatable bonds is 11. The fraction of sp³-hybridized carbons (Fsp3) is 0.400. The van der Waals surface area contributed by atoms with Crippen LogP contribution < -0.4 is 11.5 Å². The van der Waals surface area contributed by atoms with Gasteiger partial charge >= 0.3 is 0 Å². The first kappa shape index (κ1) is 44.9. The molecule has 16 heteroatoms. The van der Waals surface area contributed by atoms with Gasteiger partial charge in [0.05, 0.1) is 59.9 Å². The second-order valence-corrected chi connectivity index (χ2v) is 15.5. The highest BCUT2D eigenvalue weighted by Crippen LogP contribution is 2.41. The molecule has 61 heavy (non-hydrogen) atoms. The zero-order chi connectivity index (χ0) is 44.1. The first-order valence-electron chi connectivity index (χ1n) is 20.2. The van der Waals surface area contributed by atoms with Crippen molar-refractivity contribution in [2.24, 2.45) is 0 Å². The van der Waals surface area contributed by atoms with Gasteiger partial charge in [-0.25, -0.2) is 9.37 Å². The molecule has 2 aliphatic rings. The maximum Gasteiger partial charge on any atom is 0.187 e. The number of nitrogen functional groups attached to an aromatic ring is 2. The Morgan fingerprint density at radius 1 is 0.721 bits per heavy atom.